The average Bonchev–Trinajstić information content (AvgIpc) is 3.06. The number of likely N-dealkylation sites (tertiary alicyclic amines) is 1. The van der Waals surface area contributed by atoms with Crippen LogP contribution in [-0.2, 0) is 0 Å². The number of hydrogen-bond donors (Lipinski definition) is 2. The minimum atomic E-state index is -0.0354. The molecular weight excluding hydrogens is 352 g/mol. The standard InChI is InChI=1S/C23H26N2O3/c26-14-18-10-17-12-25(13-20(17)18)23(27)24-21-8-9-28-22-7-6-16(11-19(21)22)15-4-2-1-3-5-15/h1-7,11,17-18,20-21,26H,8-10,12-14H2,(H,24,27)/t17-,18-,20+,21?/m0/s1. The normalized spacial score (nSPS) is 28.0. The fraction of sp³-hybridized carbons (Fsp3) is 0.435. The minimum Gasteiger partial charge on any atom is -0.493 e. The van der Waals surface area contributed by atoms with Crippen molar-refractivity contribution in [3.63, 3.8) is 0 Å². The average molecular weight is 378 g/mol. The van der Waals surface area contributed by atoms with Gasteiger partial charge in [-0.2, -0.15) is 0 Å². The first-order valence-electron chi connectivity index (χ1n) is 10.2. The molecule has 5 nitrogen and oxygen atoms in total. The van der Waals surface area contributed by atoms with Gasteiger partial charge in [-0.25, -0.2) is 4.79 Å². The summed E-state index contributed by atoms with van der Waals surface area (Å²) >= 11 is 0. The number of amides is 2. The van der Waals surface area contributed by atoms with Crippen LogP contribution in [0.1, 0.15) is 24.4 Å². The maximum absolute atomic E-state index is 12.9. The van der Waals surface area contributed by atoms with Crippen LogP contribution >= 0.6 is 0 Å². The molecule has 2 aromatic carbocycles. The fourth-order valence-electron chi connectivity index (χ4n) is 5.02. The van der Waals surface area contributed by atoms with Gasteiger partial charge in [0.25, 0.3) is 0 Å². The maximum Gasteiger partial charge on any atom is 0.317 e. The van der Waals surface area contributed by atoms with E-state index in [9.17, 15) is 9.90 Å². The van der Waals surface area contributed by atoms with Crippen LogP contribution in [0, 0.1) is 17.8 Å². The molecule has 0 aromatic heterocycles. The van der Waals surface area contributed by atoms with E-state index >= 15 is 0 Å². The number of fused-ring (bicyclic) bond motifs is 2. The highest BCUT2D eigenvalue weighted by Crippen LogP contribution is 2.45. The van der Waals surface area contributed by atoms with Crippen molar-refractivity contribution in [2.45, 2.75) is 18.9 Å². The Morgan fingerprint density at radius 2 is 2.00 bits per heavy atom. The molecule has 2 aromatic rings. The predicted octanol–water partition coefficient (Wildman–Crippen LogP) is 3.45. The van der Waals surface area contributed by atoms with E-state index in [4.69, 9.17) is 4.74 Å². The molecule has 1 saturated carbocycles. The molecule has 4 atom stereocenters. The molecule has 5 heteroatoms. The van der Waals surface area contributed by atoms with Gasteiger partial charge in [-0.05, 0) is 47.4 Å². The van der Waals surface area contributed by atoms with Crippen LogP contribution in [0.5, 0.6) is 5.75 Å². The van der Waals surface area contributed by atoms with Crippen LogP contribution in [0.4, 0.5) is 4.79 Å². The number of carbonyl (C=O) groups is 1. The Bertz CT molecular complexity index is 869. The van der Waals surface area contributed by atoms with Crippen LogP contribution < -0.4 is 10.1 Å². The third-order valence-electron chi connectivity index (χ3n) is 6.68. The molecule has 28 heavy (non-hydrogen) atoms. The molecule has 2 fully saturated rings. The van der Waals surface area contributed by atoms with Crippen LogP contribution in [0.25, 0.3) is 11.1 Å². The molecule has 3 aliphatic rings. The van der Waals surface area contributed by atoms with Crippen molar-refractivity contribution >= 4 is 6.03 Å². The summed E-state index contributed by atoms with van der Waals surface area (Å²) in [5.74, 6) is 2.27. The van der Waals surface area contributed by atoms with E-state index in [1.807, 2.05) is 29.2 Å². The fourth-order valence-corrected chi connectivity index (χ4v) is 5.02. The molecule has 2 amide bonds. The molecule has 0 radical (unpaired) electrons. The summed E-state index contributed by atoms with van der Waals surface area (Å²) in [7, 11) is 0. The second-order valence-electron chi connectivity index (χ2n) is 8.27. The Kier molecular flexibility index (Phi) is 4.47. The summed E-state index contributed by atoms with van der Waals surface area (Å²) in [5.41, 5.74) is 3.34. The molecule has 1 saturated heterocycles. The number of urea groups is 1. The summed E-state index contributed by atoms with van der Waals surface area (Å²) in [4.78, 5) is 14.8. The second-order valence-corrected chi connectivity index (χ2v) is 8.27. The lowest BCUT2D eigenvalue weighted by Gasteiger charge is -2.37. The monoisotopic (exact) mass is 378 g/mol. The van der Waals surface area contributed by atoms with Crippen molar-refractivity contribution in [2.24, 2.45) is 17.8 Å². The first-order chi connectivity index (χ1) is 13.7. The van der Waals surface area contributed by atoms with Gasteiger partial charge in [-0.15, -0.1) is 0 Å². The predicted molar refractivity (Wildman–Crippen MR) is 107 cm³/mol. The molecule has 2 aliphatic heterocycles. The van der Waals surface area contributed by atoms with E-state index in [1.165, 1.54) is 0 Å². The number of hydrogen-bond acceptors (Lipinski definition) is 3. The largest absolute Gasteiger partial charge is 0.493 e. The van der Waals surface area contributed by atoms with Gasteiger partial charge in [0.2, 0.25) is 0 Å². The number of aliphatic hydroxyl groups is 1. The number of aliphatic hydroxyl groups excluding tert-OH is 1. The van der Waals surface area contributed by atoms with Crippen molar-refractivity contribution in [2.75, 3.05) is 26.3 Å². The van der Waals surface area contributed by atoms with Crippen molar-refractivity contribution < 1.29 is 14.6 Å². The number of ether oxygens (including phenoxy) is 1. The van der Waals surface area contributed by atoms with Gasteiger partial charge < -0.3 is 20.1 Å². The molecule has 146 valence electrons. The number of rotatable bonds is 3. The number of carbonyl (C=O) groups excluding carboxylic acids is 1. The summed E-state index contributed by atoms with van der Waals surface area (Å²) < 4.78 is 5.83. The first-order valence-corrected chi connectivity index (χ1v) is 10.2. The quantitative estimate of drug-likeness (QED) is 0.860. The second kappa shape index (κ2) is 7.13. The van der Waals surface area contributed by atoms with E-state index in [0.29, 0.717) is 24.4 Å². The molecule has 0 spiro atoms. The SMILES string of the molecule is O=C(NC1CCOc2ccc(-c3ccccc3)cc21)N1C[C@@H]2C[C@@H](CO)[C@@H]2C1. The minimum absolute atomic E-state index is 0.00838. The van der Waals surface area contributed by atoms with Gasteiger partial charge in [-0.3, -0.25) is 0 Å². The highest BCUT2D eigenvalue weighted by Gasteiger charge is 2.47. The molecule has 0 bridgehead atoms. The summed E-state index contributed by atoms with van der Waals surface area (Å²) in [6.07, 6.45) is 1.82. The molecule has 2 heterocycles. The highest BCUT2D eigenvalue weighted by molar-refractivity contribution is 5.76. The lowest BCUT2D eigenvalue weighted by molar-refractivity contribution is 0.0577. The summed E-state index contributed by atoms with van der Waals surface area (Å²) in [5, 5.41) is 12.7. The van der Waals surface area contributed by atoms with Crippen molar-refractivity contribution in [3.8, 4) is 16.9 Å². The van der Waals surface area contributed by atoms with E-state index < -0.39 is 0 Å². The van der Waals surface area contributed by atoms with Crippen LogP contribution in [0.2, 0.25) is 0 Å². The van der Waals surface area contributed by atoms with Gasteiger partial charge in [-0.1, -0.05) is 36.4 Å². The lowest BCUT2D eigenvalue weighted by atomic mass is 9.67. The Morgan fingerprint density at radius 1 is 1.14 bits per heavy atom. The Hall–Kier alpha value is -2.53. The van der Waals surface area contributed by atoms with E-state index in [0.717, 1.165) is 48.4 Å². The van der Waals surface area contributed by atoms with Crippen molar-refractivity contribution in [3.05, 3.63) is 54.1 Å². The lowest BCUT2D eigenvalue weighted by Crippen LogP contribution is -2.41. The van der Waals surface area contributed by atoms with Crippen LogP contribution in [0.15, 0.2) is 48.5 Å². The number of nitrogens with zero attached hydrogens (tertiary/aromatic N) is 1. The Balaban J connectivity index is 1.33. The molecular formula is C23H26N2O3. The molecule has 1 unspecified atom stereocenters. The van der Waals surface area contributed by atoms with Gasteiger partial charge in [0, 0.05) is 31.7 Å². The summed E-state index contributed by atoms with van der Waals surface area (Å²) in [6.45, 7) is 2.43. The van der Waals surface area contributed by atoms with Crippen molar-refractivity contribution in [1.29, 1.82) is 0 Å². The Morgan fingerprint density at radius 3 is 2.82 bits per heavy atom. The first kappa shape index (κ1) is 17.6. The third kappa shape index (κ3) is 3.04. The number of benzene rings is 2. The number of nitrogens with one attached hydrogen (secondary N) is 1. The van der Waals surface area contributed by atoms with Gasteiger partial charge in [0.05, 0.1) is 12.6 Å². The zero-order valence-electron chi connectivity index (χ0n) is 15.9. The van der Waals surface area contributed by atoms with Gasteiger partial charge >= 0.3 is 6.03 Å². The zero-order valence-corrected chi connectivity index (χ0v) is 15.9. The third-order valence-corrected chi connectivity index (χ3v) is 6.68. The molecule has 5 rings (SSSR count). The van der Waals surface area contributed by atoms with E-state index in [2.05, 4.69) is 29.6 Å². The van der Waals surface area contributed by atoms with Crippen LogP contribution in [-0.4, -0.2) is 42.3 Å². The summed E-state index contributed by atoms with van der Waals surface area (Å²) in [6, 6.07) is 16.5. The maximum atomic E-state index is 12.9. The van der Waals surface area contributed by atoms with Crippen LogP contribution in [0.3, 0.4) is 0 Å². The Labute approximate surface area is 165 Å². The van der Waals surface area contributed by atoms with E-state index in [1.54, 1.807) is 0 Å². The van der Waals surface area contributed by atoms with E-state index in [-0.39, 0.29) is 18.7 Å². The molecule has 2 N–H and O–H groups in total. The van der Waals surface area contributed by atoms with Crippen molar-refractivity contribution in [1.82, 2.24) is 10.2 Å². The topological polar surface area (TPSA) is 61.8 Å². The van der Waals surface area contributed by atoms with Gasteiger partial charge in [0.1, 0.15) is 5.75 Å². The smallest absolute Gasteiger partial charge is 0.317 e. The highest BCUT2D eigenvalue weighted by atomic mass is 16.5. The zero-order chi connectivity index (χ0) is 19.1. The molecule has 1 aliphatic carbocycles. The van der Waals surface area contributed by atoms with Gasteiger partial charge in [0.15, 0.2) is 0 Å².